The summed E-state index contributed by atoms with van der Waals surface area (Å²) >= 11 is 1.80. The Hall–Kier alpha value is -0.970. The minimum Gasteiger partial charge on any atom is -0.466 e. The molecule has 1 rings (SSSR count). The Bertz CT molecular complexity index is 324. The molecule has 0 aromatic carbocycles. The first-order valence-corrected chi connectivity index (χ1v) is 6.86. The van der Waals surface area contributed by atoms with Gasteiger partial charge in [0.1, 0.15) is 0 Å². The van der Waals surface area contributed by atoms with Crippen LogP contribution < -0.4 is 5.32 Å². The first-order chi connectivity index (χ1) is 7.99. The van der Waals surface area contributed by atoms with E-state index in [-0.39, 0.29) is 23.2 Å². The number of esters is 1. The van der Waals surface area contributed by atoms with Gasteiger partial charge < -0.3 is 10.1 Å². The molecule has 5 heteroatoms. The van der Waals surface area contributed by atoms with Crippen LogP contribution >= 0.6 is 11.8 Å². The van der Waals surface area contributed by atoms with Crippen LogP contribution in [-0.2, 0) is 14.3 Å². The summed E-state index contributed by atoms with van der Waals surface area (Å²) in [5.41, 5.74) is 0.461. The molecule has 1 fully saturated rings. The number of amides is 1. The molecule has 17 heavy (non-hydrogen) atoms. The molecule has 4 nitrogen and oxygen atoms in total. The molecule has 0 aromatic heterocycles. The predicted molar refractivity (Wildman–Crippen MR) is 68.9 cm³/mol. The molecule has 1 aliphatic carbocycles. The van der Waals surface area contributed by atoms with Crippen molar-refractivity contribution in [3.05, 3.63) is 12.2 Å². The second kappa shape index (κ2) is 6.10. The van der Waals surface area contributed by atoms with Gasteiger partial charge in [0.25, 0.3) is 0 Å². The van der Waals surface area contributed by atoms with E-state index in [0.717, 1.165) is 12.8 Å². The number of rotatable bonds is 7. The molecular formula is C12H19NO3S. The molecule has 1 N–H and O–H groups in total. The molecular weight excluding hydrogens is 238 g/mol. The minimum absolute atomic E-state index is 0.141. The van der Waals surface area contributed by atoms with Gasteiger partial charge in [-0.15, -0.1) is 0 Å². The third kappa shape index (κ3) is 4.81. The van der Waals surface area contributed by atoms with Crippen LogP contribution in [-0.4, -0.2) is 36.0 Å². The minimum atomic E-state index is -0.336. The molecule has 0 aromatic rings. The van der Waals surface area contributed by atoms with E-state index in [9.17, 15) is 9.59 Å². The zero-order valence-corrected chi connectivity index (χ0v) is 11.2. The fraction of sp³-hybridized carbons (Fsp3) is 0.667. The summed E-state index contributed by atoms with van der Waals surface area (Å²) in [7, 11) is 0. The summed E-state index contributed by atoms with van der Waals surface area (Å²) in [6, 6.07) is 0. The quantitative estimate of drug-likeness (QED) is 0.555. The molecule has 0 heterocycles. The first kappa shape index (κ1) is 14.1. The summed E-state index contributed by atoms with van der Waals surface area (Å²) in [6.45, 7) is 5.95. The molecule has 0 atom stereocenters. The van der Waals surface area contributed by atoms with Crippen LogP contribution in [0.2, 0.25) is 0 Å². The Kier molecular flexibility index (Phi) is 5.05. The van der Waals surface area contributed by atoms with Crippen molar-refractivity contribution in [1.29, 1.82) is 0 Å². The molecule has 0 unspecified atom stereocenters. The van der Waals surface area contributed by atoms with Crippen molar-refractivity contribution in [3.8, 4) is 0 Å². The lowest BCUT2D eigenvalue weighted by molar-refractivity contribution is -0.141. The van der Waals surface area contributed by atoms with Crippen LogP contribution in [0.3, 0.4) is 0 Å². The molecule has 0 aliphatic heterocycles. The Labute approximate surface area is 106 Å². The van der Waals surface area contributed by atoms with Crippen molar-refractivity contribution in [2.75, 3.05) is 19.4 Å². The summed E-state index contributed by atoms with van der Waals surface area (Å²) in [5.74, 6) is -0.477. The lowest BCUT2D eigenvalue weighted by Crippen LogP contribution is -2.32. The van der Waals surface area contributed by atoms with Gasteiger partial charge in [-0.3, -0.25) is 9.59 Å². The van der Waals surface area contributed by atoms with Gasteiger partial charge in [0, 0.05) is 30.2 Å². The molecule has 1 amide bonds. The van der Waals surface area contributed by atoms with Crippen LogP contribution in [0.15, 0.2) is 12.2 Å². The molecule has 1 saturated carbocycles. The summed E-state index contributed by atoms with van der Waals surface area (Å²) in [5, 5.41) is 2.87. The van der Waals surface area contributed by atoms with Crippen LogP contribution in [0, 0.1) is 0 Å². The van der Waals surface area contributed by atoms with Crippen molar-refractivity contribution in [2.45, 2.75) is 30.9 Å². The molecule has 0 saturated heterocycles. The highest BCUT2D eigenvalue weighted by molar-refractivity contribution is 8.00. The largest absolute Gasteiger partial charge is 0.466 e. The highest BCUT2D eigenvalue weighted by Crippen LogP contribution is 2.46. The zero-order chi connectivity index (χ0) is 12.9. The first-order valence-electron chi connectivity index (χ1n) is 5.63. The van der Waals surface area contributed by atoms with Crippen LogP contribution in [0.1, 0.15) is 26.2 Å². The molecule has 0 radical (unpaired) electrons. The Balaban J connectivity index is 2.18. The SMILES string of the molecule is C=C(CCOC(C)=O)C(=O)NCC1(SC)CC1. The standard InChI is InChI=1S/C12H19NO3S/c1-9(4-7-16-10(2)14)11(15)13-8-12(17-3)5-6-12/h1,4-8H2,2-3H3,(H,13,15). The van der Waals surface area contributed by atoms with Crippen LogP contribution in [0.5, 0.6) is 0 Å². The maximum Gasteiger partial charge on any atom is 0.302 e. The van der Waals surface area contributed by atoms with E-state index in [2.05, 4.69) is 18.2 Å². The Morgan fingerprint density at radius 1 is 1.47 bits per heavy atom. The summed E-state index contributed by atoms with van der Waals surface area (Å²) in [6.07, 6.45) is 4.77. The molecule has 96 valence electrons. The van der Waals surface area contributed by atoms with E-state index in [1.807, 2.05) is 0 Å². The Morgan fingerprint density at radius 2 is 2.12 bits per heavy atom. The van der Waals surface area contributed by atoms with Crippen molar-refractivity contribution < 1.29 is 14.3 Å². The van der Waals surface area contributed by atoms with Crippen LogP contribution in [0.4, 0.5) is 0 Å². The van der Waals surface area contributed by atoms with Crippen molar-refractivity contribution in [3.63, 3.8) is 0 Å². The maximum absolute atomic E-state index is 11.6. The summed E-state index contributed by atoms with van der Waals surface area (Å²) < 4.78 is 5.01. The second-order valence-corrected chi connectivity index (χ2v) is 5.54. The lowest BCUT2D eigenvalue weighted by atomic mass is 10.2. The van der Waals surface area contributed by atoms with E-state index < -0.39 is 0 Å². The third-order valence-corrected chi connectivity index (χ3v) is 4.26. The van der Waals surface area contributed by atoms with Gasteiger partial charge >= 0.3 is 5.97 Å². The summed E-state index contributed by atoms with van der Waals surface area (Å²) in [4.78, 5) is 22.2. The van der Waals surface area contributed by atoms with Gasteiger partial charge in [-0.25, -0.2) is 0 Å². The number of hydrogen-bond donors (Lipinski definition) is 1. The van der Waals surface area contributed by atoms with Gasteiger partial charge in [-0.1, -0.05) is 6.58 Å². The van der Waals surface area contributed by atoms with Gasteiger partial charge in [-0.2, -0.15) is 11.8 Å². The molecule has 1 aliphatic rings. The number of carbonyl (C=O) groups excluding carboxylic acids is 2. The molecule has 0 bridgehead atoms. The topological polar surface area (TPSA) is 55.4 Å². The van der Waals surface area contributed by atoms with E-state index in [1.54, 1.807) is 11.8 Å². The van der Waals surface area contributed by atoms with Crippen LogP contribution in [0.25, 0.3) is 0 Å². The van der Waals surface area contributed by atoms with E-state index >= 15 is 0 Å². The highest BCUT2D eigenvalue weighted by atomic mass is 32.2. The lowest BCUT2D eigenvalue weighted by Gasteiger charge is -2.13. The highest BCUT2D eigenvalue weighted by Gasteiger charge is 2.41. The number of carbonyl (C=O) groups is 2. The number of thioether (sulfide) groups is 1. The van der Waals surface area contributed by atoms with Crippen molar-refractivity contribution in [2.24, 2.45) is 0 Å². The van der Waals surface area contributed by atoms with Crippen molar-refractivity contribution in [1.82, 2.24) is 5.32 Å². The average Bonchev–Trinajstić information content (AvgIpc) is 3.06. The van der Waals surface area contributed by atoms with Gasteiger partial charge in [-0.05, 0) is 19.1 Å². The van der Waals surface area contributed by atoms with Gasteiger partial charge in [0.2, 0.25) is 5.91 Å². The van der Waals surface area contributed by atoms with Gasteiger partial charge in [0.05, 0.1) is 6.61 Å². The maximum atomic E-state index is 11.6. The van der Waals surface area contributed by atoms with E-state index in [4.69, 9.17) is 4.74 Å². The average molecular weight is 257 g/mol. The molecule has 0 spiro atoms. The van der Waals surface area contributed by atoms with Crippen molar-refractivity contribution >= 4 is 23.6 Å². The Morgan fingerprint density at radius 3 is 2.59 bits per heavy atom. The monoisotopic (exact) mass is 257 g/mol. The number of hydrogen-bond acceptors (Lipinski definition) is 4. The zero-order valence-electron chi connectivity index (χ0n) is 10.4. The smallest absolute Gasteiger partial charge is 0.302 e. The normalized spacial score (nSPS) is 16.1. The second-order valence-electron chi connectivity index (χ2n) is 4.26. The fourth-order valence-electron chi connectivity index (χ4n) is 1.39. The predicted octanol–water partition coefficient (Wildman–Crippen LogP) is 1.51. The van der Waals surface area contributed by atoms with E-state index in [1.165, 1.54) is 6.92 Å². The fourth-order valence-corrected chi connectivity index (χ4v) is 2.12. The number of ether oxygens (including phenoxy) is 1. The van der Waals surface area contributed by atoms with E-state index in [0.29, 0.717) is 18.5 Å². The van der Waals surface area contributed by atoms with Gasteiger partial charge in [0.15, 0.2) is 0 Å². The number of nitrogens with one attached hydrogen (secondary N) is 1. The third-order valence-electron chi connectivity index (χ3n) is 2.84.